The number of hydrogen-bond acceptors (Lipinski definition) is 4. The molecule has 92 valence electrons. The second kappa shape index (κ2) is 6.18. The van der Waals surface area contributed by atoms with E-state index in [-0.39, 0.29) is 17.9 Å². The van der Waals surface area contributed by atoms with E-state index in [0.29, 0.717) is 19.8 Å². The third kappa shape index (κ3) is 3.43. The molecule has 0 aromatic carbocycles. The molecule has 2 aliphatic heterocycles. The highest BCUT2D eigenvalue weighted by molar-refractivity contribution is 5.78. The van der Waals surface area contributed by atoms with Crippen LogP contribution in [0.5, 0.6) is 0 Å². The summed E-state index contributed by atoms with van der Waals surface area (Å²) in [5.41, 5.74) is 0. The van der Waals surface area contributed by atoms with Crippen molar-refractivity contribution in [2.75, 3.05) is 39.5 Å². The van der Waals surface area contributed by atoms with Crippen LogP contribution >= 0.6 is 0 Å². The lowest BCUT2D eigenvalue weighted by atomic mass is 9.99. The number of ether oxygens (including phenoxy) is 2. The Balaban J connectivity index is 1.65. The normalized spacial score (nSPS) is 27.6. The first kappa shape index (κ1) is 11.8. The molecule has 5 nitrogen and oxygen atoms in total. The average molecular weight is 228 g/mol. The molecule has 0 aromatic rings. The number of morpholine rings is 1. The SMILES string of the molecule is O=C(NCC1CNCCO1)C1CCOCC1. The molecule has 2 fully saturated rings. The van der Waals surface area contributed by atoms with Crippen molar-refractivity contribution in [1.82, 2.24) is 10.6 Å². The van der Waals surface area contributed by atoms with Crippen LogP contribution in [0, 0.1) is 5.92 Å². The molecular formula is C11H20N2O3. The summed E-state index contributed by atoms with van der Waals surface area (Å²) in [4.78, 5) is 11.8. The van der Waals surface area contributed by atoms with Gasteiger partial charge in [0.25, 0.3) is 0 Å². The van der Waals surface area contributed by atoms with Crippen molar-refractivity contribution in [2.45, 2.75) is 18.9 Å². The van der Waals surface area contributed by atoms with Gasteiger partial charge in [0.1, 0.15) is 0 Å². The first-order valence-corrected chi connectivity index (χ1v) is 6.04. The van der Waals surface area contributed by atoms with Crippen molar-refractivity contribution < 1.29 is 14.3 Å². The van der Waals surface area contributed by atoms with Crippen molar-refractivity contribution >= 4 is 5.91 Å². The van der Waals surface area contributed by atoms with Gasteiger partial charge < -0.3 is 20.1 Å². The monoisotopic (exact) mass is 228 g/mol. The molecular weight excluding hydrogens is 208 g/mol. The maximum absolute atomic E-state index is 11.8. The molecule has 1 unspecified atom stereocenters. The summed E-state index contributed by atoms with van der Waals surface area (Å²) in [5, 5.41) is 6.20. The van der Waals surface area contributed by atoms with Gasteiger partial charge in [-0.15, -0.1) is 0 Å². The Hall–Kier alpha value is -0.650. The Bertz CT molecular complexity index is 223. The minimum absolute atomic E-state index is 0.123. The van der Waals surface area contributed by atoms with Gasteiger partial charge in [0, 0.05) is 38.8 Å². The van der Waals surface area contributed by atoms with E-state index in [0.717, 1.165) is 32.5 Å². The van der Waals surface area contributed by atoms with Crippen molar-refractivity contribution in [1.29, 1.82) is 0 Å². The summed E-state index contributed by atoms with van der Waals surface area (Å²) in [5.74, 6) is 0.280. The van der Waals surface area contributed by atoms with Gasteiger partial charge >= 0.3 is 0 Å². The molecule has 0 spiro atoms. The van der Waals surface area contributed by atoms with Crippen molar-refractivity contribution in [3.8, 4) is 0 Å². The van der Waals surface area contributed by atoms with E-state index in [4.69, 9.17) is 9.47 Å². The fourth-order valence-corrected chi connectivity index (χ4v) is 2.07. The van der Waals surface area contributed by atoms with Crippen LogP contribution in [0.4, 0.5) is 0 Å². The molecule has 2 heterocycles. The van der Waals surface area contributed by atoms with Crippen molar-refractivity contribution in [3.63, 3.8) is 0 Å². The van der Waals surface area contributed by atoms with Gasteiger partial charge in [-0.2, -0.15) is 0 Å². The van der Waals surface area contributed by atoms with E-state index in [1.807, 2.05) is 0 Å². The van der Waals surface area contributed by atoms with Crippen LogP contribution in [-0.2, 0) is 14.3 Å². The van der Waals surface area contributed by atoms with Gasteiger partial charge in [-0.05, 0) is 12.8 Å². The average Bonchev–Trinajstić information content (AvgIpc) is 2.38. The Morgan fingerprint density at radius 2 is 2.12 bits per heavy atom. The molecule has 1 atom stereocenters. The standard InChI is InChI=1S/C11H20N2O3/c14-11(9-1-4-15-5-2-9)13-8-10-7-12-3-6-16-10/h9-10,12H,1-8H2,(H,13,14). The maximum atomic E-state index is 11.8. The van der Waals surface area contributed by atoms with Gasteiger partial charge in [0.2, 0.25) is 5.91 Å². The lowest BCUT2D eigenvalue weighted by Crippen LogP contribution is -2.46. The van der Waals surface area contributed by atoms with Crippen molar-refractivity contribution in [3.05, 3.63) is 0 Å². The highest BCUT2D eigenvalue weighted by Crippen LogP contribution is 2.14. The van der Waals surface area contributed by atoms with Crippen LogP contribution in [0.2, 0.25) is 0 Å². The molecule has 16 heavy (non-hydrogen) atoms. The van der Waals surface area contributed by atoms with Crippen LogP contribution in [0.3, 0.4) is 0 Å². The molecule has 0 aromatic heterocycles. The topological polar surface area (TPSA) is 59.6 Å². The lowest BCUT2D eigenvalue weighted by molar-refractivity contribution is -0.128. The number of amides is 1. The van der Waals surface area contributed by atoms with Crippen LogP contribution < -0.4 is 10.6 Å². The third-order valence-corrected chi connectivity index (χ3v) is 3.10. The number of carbonyl (C=O) groups excluding carboxylic acids is 1. The van der Waals surface area contributed by atoms with E-state index in [9.17, 15) is 4.79 Å². The third-order valence-electron chi connectivity index (χ3n) is 3.10. The quantitative estimate of drug-likeness (QED) is 0.685. The second-order valence-electron chi connectivity index (χ2n) is 4.33. The van der Waals surface area contributed by atoms with Crippen molar-refractivity contribution in [2.24, 2.45) is 5.92 Å². The number of carbonyl (C=O) groups is 1. The zero-order chi connectivity index (χ0) is 11.2. The Morgan fingerprint density at radius 1 is 1.31 bits per heavy atom. The smallest absolute Gasteiger partial charge is 0.223 e. The van der Waals surface area contributed by atoms with Crippen LogP contribution in [0.1, 0.15) is 12.8 Å². The zero-order valence-electron chi connectivity index (χ0n) is 9.54. The molecule has 2 saturated heterocycles. The Morgan fingerprint density at radius 3 is 2.81 bits per heavy atom. The van der Waals surface area contributed by atoms with E-state index in [2.05, 4.69) is 10.6 Å². The zero-order valence-corrected chi connectivity index (χ0v) is 9.54. The van der Waals surface area contributed by atoms with Gasteiger partial charge in [0.05, 0.1) is 12.7 Å². The molecule has 1 amide bonds. The number of nitrogens with one attached hydrogen (secondary N) is 2. The fraction of sp³-hybridized carbons (Fsp3) is 0.909. The van der Waals surface area contributed by atoms with E-state index in [1.165, 1.54) is 0 Å². The molecule has 0 saturated carbocycles. The van der Waals surface area contributed by atoms with E-state index >= 15 is 0 Å². The first-order valence-electron chi connectivity index (χ1n) is 6.04. The second-order valence-corrected chi connectivity index (χ2v) is 4.33. The Labute approximate surface area is 95.9 Å². The number of rotatable bonds is 3. The van der Waals surface area contributed by atoms with Crippen LogP contribution in [0.25, 0.3) is 0 Å². The summed E-state index contributed by atoms with van der Waals surface area (Å²) < 4.78 is 10.7. The Kier molecular flexibility index (Phi) is 4.56. The molecule has 0 radical (unpaired) electrons. The highest BCUT2D eigenvalue weighted by atomic mass is 16.5. The first-order chi connectivity index (χ1) is 7.86. The van der Waals surface area contributed by atoms with Gasteiger partial charge in [-0.3, -0.25) is 4.79 Å². The largest absolute Gasteiger partial charge is 0.381 e. The summed E-state index contributed by atoms with van der Waals surface area (Å²) in [6.45, 7) is 4.50. The summed E-state index contributed by atoms with van der Waals surface area (Å²) in [6.07, 6.45) is 1.81. The molecule has 2 rings (SSSR count). The predicted molar refractivity (Wildman–Crippen MR) is 59.2 cm³/mol. The number of hydrogen-bond donors (Lipinski definition) is 2. The fourth-order valence-electron chi connectivity index (χ4n) is 2.07. The van der Waals surface area contributed by atoms with E-state index < -0.39 is 0 Å². The van der Waals surface area contributed by atoms with Gasteiger partial charge in [-0.25, -0.2) is 0 Å². The summed E-state index contributed by atoms with van der Waals surface area (Å²) >= 11 is 0. The lowest BCUT2D eigenvalue weighted by Gasteiger charge is -2.26. The molecule has 5 heteroatoms. The van der Waals surface area contributed by atoms with Gasteiger partial charge in [-0.1, -0.05) is 0 Å². The minimum atomic E-state index is 0.123. The summed E-state index contributed by atoms with van der Waals surface area (Å²) in [6, 6.07) is 0. The molecule has 0 bridgehead atoms. The molecule has 2 N–H and O–H groups in total. The molecule has 0 aliphatic carbocycles. The summed E-state index contributed by atoms with van der Waals surface area (Å²) in [7, 11) is 0. The minimum Gasteiger partial charge on any atom is -0.381 e. The maximum Gasteiger partial charge on any atom is 0.223 e. The molecule has 2 aliphatic rings. The van der Waals surface area contributed by atoms with E-state index in [1.54, 1.807) is 0 Å². The van der Waals surface area contributed by atoms with Crippen LogP contribution in [-0.4, -0.2) is 51.5 Å². The highest BCUT2D eigenvalue weighted by Gasteiger charge is 2.22. The predicted octanol–water partition coefficient (Wildman–Crippen LogP) is -0.482. The van der Waals surface area contributed by atoms with Crippen LogP contribution in [0.15, 0.2) is 0 Å². The van der Waals surface area contributed by atoms with Gasteiger partial charge in [0.15, 0.2) is 0 Å².